The van der Waals surface area contributed by atoms with Gasteiger partial charge in [0.15, 0.2) is 0 Å². The average molecular weight is 504 g/mol. The summed E-state index contributed by atoms with van der Waals surface area (Å²) in [5.41, 5.74) is 1.41. The molecule has 2 amide bonds. The van der Waals surface area contributed by atoms with Gasteiger partial charge in [-0.15, -0.1) is 0 Å². The minimum atomic E-state index is -1.12. The summed E-state index contributed by atoms with van der Waals surface area (Å²) < 4.78 is 26.7. The van der Waals surface area contributed by atoms with Gasteiger partial charge in [-0.25, -0.2) is 8.78 Å². The molecule has 4 rings (SSSR count). The van der Waals surface area contributed by atoms with E-state index in [0.29, 0.717) is 22.8 Å². The van der Waals surface area contributed by atoms with Gasteiger partial charge < -0.3 is 16.0 Å². The molecule has 1 aliphatic rings. The maximum Gasteiger partial charge on any atom is 0.273 e. The van der Waals surface area contributed by atoms with Crippen LogP contribution in [0.3, 0.4) is 0 Å². The molecule has 3 N–H and O–H groups in total. The zero-order chi connectivity index (χ0) is 26.7. The molecular formula is C27H22F2N4O4. The average Bonchev–Trinajstić information content (AvgIpc) is 2.86. The second-order valence-corrected chi connectivity index (χ2v) is 8.37. The largest absolute Gasteiger partial charge is 0.362 e. The lowest BCUT2D eigenvalue weighted by molar-refractivity contribution is -0.385. The Morgan fingerprint density at radius 1 is 0.784 bits per heavy atom. The molecule has 1 aliphatic heterocycles. The predicted molar refractivity (Wildman–Crippen MR) is 134 cm³/mol. The van der Waals surface area contributed by atoms with E-state index >= 15 is 0 Å². The molecule has 0 saturated carbocycles. The zero-order valence-corrected chi connectivity index (χ0v) is 19.8. The van der Waals surface area contributed by atoms with Gasteiger partial charge in [-0.1, -0.05) is 18.2 Å². The number of dihydropyridines is 1. The number of anilines is 2. The first-order valence-corrected chi connectivity index (χ1v) is 11.2. The molecule has 0 bridgehead atoms. The number of carbonyl (C=O) groups is 2. The Hall–Kier alpha value is -4.86. The predicted octanol–water partition coefficient (Wildman–Crippen LogP) is 5.39. The Labute approximate surface area is 210 Å². The fraction of sp³-hybridized carbons (Fsp3) is 0.111. The number of amides is 2. The number of carbonyl (C=O) groups excluding carboxylic acids is 2. The number of halogens is 2. The number of hydrogen-bond acceptors (Lipinski definition) is 5. The molecule has 10 heteroatoms. The highest BCUT2D eigenvalue weighted by Gasteiger charge is 2.39. The lowest BCUT2D eigenvalue weighted by atomic mass is 9.79. The van der Waals surface area contributed by atoms with Gasteiger partial charge in [0.05, 0.1) is 10.8 Å². The molecule has 188 valence electrons. The molecule has 3 aromatic rings. The lowest BCUT2D eigenvalue weighted by Crippen LogP contribution is -2.35. The van der Waals surface area contributed by atoms with Crippen molar-refractivity contribution in [3.63, 3.8) is 0 Å². The second-order valence-electron chi connectivity index (χ2n) is 8.37. The van der Waals surface area contributed by atoms with E-state index in [1.165, 1.54) is 66.7 Å². The maximum atomic E-state index is 13.5. The summed E-state index contributed by atoms with van der Waals surface area (Å²) >= 11 is 0. The molecule has 0 unspecified atom stereocenters. The first kappa shape index (κ1) is 25.2. The third kappa shape index (κ3) is 5.37. The van der Waals surface area contributed by atoms with Crippen LogP contribution in [0.15, 0.2) is 95.3 Å². The van der Waals surface area contributed by atoms with Gasteiger partial charge in [0.25, 0.3) is 17.5 Å². The van der Waals surface area contributed by atoms with Gasteiger partial charge in [-0.3, -0.25) is 19.7 Å². The molecule has 0 spiro atoms. The Bertz CT molecular complexity index is 1370. The van der Waals surface area contributed by atoms with E-state index in [-0.39, 0.29) is 22.4 Å². The van der Waals surface area contributed by atoms with Crippen LogP contribution in [-0.4, -0.2) is 16.7 Å². The van der Waals surface area contributed by atoms with Crippen LogP contribution in [0, 0.1) is 21.7 Å². The molecule has 1 heterocycles. The van der Waals surface area contributed by atoms with Crippen molar-refractivity contribution >= 4 is 28.9 Å². The molecule has 0 aliphatic carbocycles. The number of benzene rings is 3. The highest BCUT2D eigenvalue weighted by Crippen LogP contribution is 2.42. The van der Waals surface area contributed by atoms with Crippen molar-refractivity contribution in [2.24, 2.45) is 0 Å². The van der Waals surface area contributed by atoms with Gasteiger partial charge in [-0.2, -0.15) is 0 Å². The fourth-order valence-electron chi connectivity index (χ4n) is 4.27. The van der Waals surface area contributed by atoms with Gasteiger partial charge in [0.2, 0.25) is 0 Å². The van der Waals surface area contributed by atoms with Crippen LogP contribution in [-0.2, 0) is 9.59 Å². The van der Waals surface area contributed by atoms with Crippen molar-refractivity contribution in [1.29, 1.82) is 0 Å². The number of allylic oxidation sites excluding steroid dienone is 2. The monoisotopic (exact) mass is 504 g/mol. The number of hydrogen-bond donors (Lipinski definition) is 3. The molecular weight excluding hydrogens is 482 g/mol. The molecule has 0 saturated heterocycles. The van der Waals surface area contributed by atoms with Crippen LogP contribution in [0.2, 0.25) is 0 Å². The first-order valence-electron chi connectivity index (χ1n) is 11.2. The van der Waals surface area contributed by atoms with E-state index < -0.39 is 34.3 Å². The standard InChI is InChI=1S/C27H22F2N4O4/c1-15-23(26(34)31-19-11-7-17(28)8-12-19)25(21-5-3-4-6-22(21)33(36)37)24(16(2)30-15)27(35)32-20-13-9-18(29)10-14-20/h3-14,25,30H,1-2H3,(H,31,34)(H,32,35). The Morgan fingerprint density at radius 2 is 1.22 bits per heavy atom. The number of nitrogens with zero attached hydrogens (tertiary/aromatic N) is 1. The minimum Gasteiger partial charge on any atom is -0.362 e. The summed E-state index contributed by atoms with van der Waals surface area (Å²) in [4.78, 5) is 38.4. The third-order valence-corrected chi connectivity index (χ3v) is 5.90. The first-order chi connectivity index (χ1) is 17.7. The van der Waals surface area contributed by atoms with Gasteiger partial charge in [0.1, 0.15) is 11.6 Å². The van der Waals surface area contributed by atoms with Crippen LogP contribution >= 0.6 is 0 Å². The molecule has 0 radical (unpaired) electrons. The molecule has 0 atom stereocenters. The SMILES string of the molecule is CC1=C(C(=O)Nc2ccc(F)cc2)C(c2ccccc2[N+](=O)[O-])C(C(=O)Nc2ccc(F)cc2)=C(C)N1. The molecule has 8 nitrogen and oxygen atoms in total. The van der Waals surface area contributed by atoms with Crippen molar-refractivity contribution in [2.45, 2.75) is 19.8 Å². The van der Waals surface area contributed by atoms with Crippen LogP contribution in [0.25, 0.3) is 0 Å². The topological polar surface area (TPSA) is 113 Å². The van der Waals surface area contributed by atoms with Crippen molar-refractivity contribution in [3.05, 3.63) is 123 Å². The normalized spacial score (nSPS) is 13.7. The highest BCUT2D eigenvalue weighted by molar-refractivity contribution is 6.12. The number of nitrogens with one attached hydrogen (secondary N) is 3. The Kier molecular flexibility index (Phi) is 7.10. The fourth-order valence-corrected chi connectivity index (χ4v) is 4.27. The highest BCUT2D eigenvalue weighted by atomic mass is 19.1. The number of nitro benzene ring substituents is 1. The van der Waals surface area contributed by atoms with Gasteiger partial charge in [-0.05, 0) is 62.4 Å². The van der Waals surface area contributed by atoms with Crippen LogP contribution in [0.1, 0.15) is 25.3 Å². The summed E-state index contributed by atoms with van der Waals surface area (Å²) in [6.45, 7) is 3.25. The van der Waals surface area contributed by atoms with Crippen LogP contribution in [0.5, 0.6) is 0 Å². The van der Waals surface area contributed by atoms with E-state index in [2.05, 4.69) is 16.0 Å². The Morgan fingerprint density at radius 3 is 1.65 bits per heavy atom. The summed E-state index contributed by atoms with van der Waals surface area (Å²) in [6.07, 6.45) is 0. The summed E-state index contributed by atoms with van der Waals surface area (Å²) in [5, 5.41) is 20.3. The summed E-state index contributed by atoms with van der Waals surface area (Å²) in [6, 6.07) is 16.1. The molecule has 0 fully saturated rings. The molecule has 3 aromatic carbocycles. The summed E-state index contributed by atoms with van der Waals surface area (Å²) in [7, 11) is 0. The maximum absolute atomic E-state index is 13.5. The van der Waals surface area contributed by atoms with Crippen LogP contribution < -0.4 is 16.0 Å². The molecule has 37 heavy (non-hydrogen) atoms. The smallest absolute Gasteiger partial charge is 0.273 e. The quantitative estimate of drug-likeness (QED) is 0.308. The van der Waals surface area contributed by atoms with Crippen molar-refractivity contribution in [2.75, 3.05) is 10.6 Å². The van der Waals surface area contributed by atoms with Gasteiger partial charge in [0, 0.05) is 45.5 Å². The number of nitro groups is 1. The second kappa shape index (κ2) is 10.4. The van der Waals surface area contributed by atoms with Crippen molar-refractivity contribution < 1.29 is 23.3 Å². The third-order valence-electron chi connectivity index (χ3n) is 5.90. The minimum absolute atomic E-state index is 0.0773. The van der Waals surface area contributed by atoms with E-state index in [1.807, 2.05) is 0 Å². The van der Waals surface area contributed by atoms with E-state index in [4.69, 9.17) is 0 Å². The van der Waals surface area contributed by atoms with Crippen molar-refractivity contribution in [3.8, 4) is 0 Å². The number of para-hydroxylation sites is 1. The van der Waals surface area contributed by atoms with E-state index in [0.717, 1.165) is 0 Å². The molecule has 0 aromatic heterocycles. The lowest BCUT2D eigenvalue weighted by Gasteiger charge is -2.31. The van der Waals surface area contributed by atoms with Crippen LogP contribution in [0.4, 0.5) is 25.8 Å². The van der Waals surface area contributed by atoms with E-state index in [9.17, 15) is 28.5 Å². The summed E-state index contributed by atoms with van der Waals surface area (Å²) in [5.74, 6) is -3.34. The van der Waals surface area contributed by atoms with Gasteiger partial charge >= 0.3 is 0 Å². The Balaban J connectivity index is 1.82. The number of rotatable bonds is 6. The van der Waals surface area contributed by atoms with E-state index in [1.54, 1.807) is 19.9 Å². The van der Waals surface area contributed by atoms with Crippen molar-refractivity contribution in [1.82, 2.24) is 5.32 Å². The zero-order valence-electron chi connectivity index (χ0n) is 19.8.